The lowest BCUT2D eigenvalue weighted by Crippen LogP contribution is -2.12. The Morgan fingerprint density at radius 1 is 0.609 bits per heavy atom. The SMILES string of the molecule is CCCCCCCCCCCCCCCC[SiH2]O[SiH2]O[SiH2]O[SiH3]. The zero-order valence-electron chi connectivity index (χ0n) is 16.0. The smallest absolute Gasteiger partial charge is 0.284 e. The van der Waals surface area contributed by atoms with Crippen LogP contribution in [0.5, 0.6) is 0 Å². The highest BCUT2D eigenvalue weighted by molar-refractivity contribution is 6.44. The standard InChI is InChI=1S/C16H42O3Si4/c1-2-3-4-5-6-7-8-9-10-11-12-13-14-15-16-21-18-23-19-22-17-20/h2-16,21-23H2,1,20H3. The first-order chi connectivity index (χ1) is 11.4. The van der Waals surface area contributed by atoms with Crippen molar-refractivity contribution < 1.29 is 12.3 Å². The molecule has 0 bridgehead atoms. The molecule has 0 saturated heterocycles. The van der Waals surface area contributed by atoms with E-state index in [1.165, 1.54) is 95.9 Å². The summed E-state index contributed by atoms with van der Waals surface area (Å²) >= 11 is 0. The van der Waals surface area contributed by atoms with Crippen LogP contribution in [0, 0.1) is 0 Å². The van der Waals surface area contributed by atoms with Crippen molar-refractivity contribution in [1.29, 1.82) is 0 Å². The molecule has 7 heteroatoms. The molecule has 0 unspecified atom stereocenters. The number of unbranched alkanes of at least 4 members (excludes halogenated alkanes) is 13. The van der Waals surface area contributed by atoms with Crippen LogP contribution < -0.4 is 0 Å². The minimum Gasteiger partial charge on any atom is -0.449 e. The van der Waals surface area contributed by atoms with Gasteiger partial charge in [-0.3, -0.25) is 0 Å². The van der Waals surface area contributed by atoms with Crippen LogP contribution in [0.1, 0.15) is 96.8 Å². The molecule has 0 rings (SSSR count). The molecule has 0 aromatic rings. The van der Waals surface area contributed by atoms with Crippen LogP contribution in [0.3, 0.4) is 0 Å². The van der Waals surface area contributed by atoms with Gasteiger partial charge in [-0.1, -0.05) is 96.8 Å². The summed E-state index contributed by atoms with van der Waals surface area (Å²) in [5, 5.41) is 0. The third-order valence-corrected chi connectivity index (χ3v) is 9.15. The second-order valence-corrected chi connectivity index (χ2v) is 13.7. The molecule has 0 fully saturated rings. The van der Waals surface area contributed by atoms with Gasteiger partial charge in [0.05, 0.1) is 0 Å². The summed E-state index contributed by atoms with van der Waals surface area (Å²) < 4.78 is 16.2. The Labute approximate surface area is 155 Å². The van der Waals surface area contributed by atoms with Gasteiger partial charge in [-0.05, 0) is 6.04 Å². The molecular weight excluding hydrogens is 353 g/mol. The van der Waals surface area contributed by atoms with Crippen LogP contribution in [0.25, 0.3) is 0 Å². The molecule has 0 spiro atoms. The Kier molecular flexibility index (Phi) is 23.5. The number of rotatable bonds is 20. The predicted octanol–water partition coefficient (Wildman–Crippen LogP) is 2.30. The highest BCUT2D eigenvalue weighted by Crippen LogP contribution is 2.13. The molecule has 0 amide bonds. The van der Waals surface area contributed by atoms with Gasteiger partial charge in [0, 0.05) is 0 Å². The third-order valence-electron chi connectivity index (χ3n) is 4.26. The minimum atomic E-state index is -0.644. The molecular formula is C16H42O3Si4. The Bertz CT molecular complexity index is 192. The van der Waals surface area contributed by atoms with Crippen molar-refractivity contribution in [3.63, 3.8) is 0 Å². The second kappa shape index (κ2) is 22.7. The van der Waals surface area contributed by atoms with Crippen LogP contribution in [0.2, 0.25) is 6.04 Å². The quantitative estimate of drug-likeness (QED) is 0.234. The van der Waals surface area contributed by atoms with E-state index in [0.29, 0.717) is 0 Å². The molecule has 23 heavy (non-hydrogen) atoms. The summed E-state index contributed by atoms with van der Waals surface area (Å²) in [5.41, 5.74) is 0. The molecule has 0 aliphatic heterocycles. The average molecular weight is 395 g/mol. The largest absolute Gasteiger partial charge is 0.449 e. The summed E-state index contributed by atoms with van der Waals surface area (Å²) in [7, 11) is -0.707. The van der Waals surface area contributed by atoms with E-state index < -0.39 is 20.0 Å². The maximum atomic E-state index is 5.67. The Morgan fingerprint density at radius 3 is 1.57 bits per heavy atom. The zero-order chi connectivity index (χ0) is 16.8. The third kappa shape index (κ3) is 22.7. The molecule has 0 saturated carbocycles. The van der Waals surface area contributed by atoms with Crippen LogP contribution in [0.4, 0.5) is 0 Å². The molecule has 0 atom stereocenters. The van der Waals surface area contributed by atoms with Crippen molar-refractivity contribution >= 4 is 40.3 Å². The van der Waals surface area contributed by atoms with Crippen LogP contribution in [-0.4, -0.2) is 40.3 Å². The van der Waals surface area contributed by atoms with Crippen molar-refractivity contribution in [2.24, 2.45) is 0 Å². The van der Waals surface area contributed by atoms with Crippen LogP contribution in [0.15, 0.2) is 0 Å². The lowest BCUT2D eigenvalue weighted by atomic mass is 10.0. The van der Waals surface area contributed by atoms with Crippen molar-refractivity contribution in [2.45, 2.75) is 103 Å². The molecule has 140 valence electrons. The molecule has 0 radical (unpaired) electrons. The van der Waals surface area contributed by atoms with Gasteiger partial charge < -0.3 is 12.3 Å². The summed E-state index contributed by atoms with van der Waals surface area (Å²) in [6, 6.07) is 1.34. The van der Waals surface area contributed by atoms with Crippen LogP contribution >= 0.6 is 0 Å². The van der Waals surface area contributed by atoms with Gasteiger partial charge >= 0.3 is 0 Å². The molecule has 3 nitrogen and oxygen atoms in total. The Morgan fingerprint density at radius 2 is 1.09 bits per heavy atom. The molecule has 0 aromatic carbocycles. The van der Waals surface area contributed by atoms with E-state index >= 15 is 0 Å². The van der Waals surface area contributed by atoms with Gasteiger partial charge in [-0.2, -0.15) is 0 Å². The molecule has 0 N–H and O–H groups in total. The number of hydrogen-bond donors (Lipinski definition) is 0. The minimum absolute atomic E-state index is 0.264. The fourth-order valence-corrected chi connectivity index (χ4v) is 8.63. The first-order valence-corrected chi connectivity index (χ1v) is 14.8. The van der Waals surface area contributed by atoms with Gasteiger partial charge in [0.1, 0.15) is 20.2 Å². The van der Waals surface area contributed by atoms with Crippen molar-refractivity contribution in [3.05, 3.63) is 0 Å². The molecule has 0 aromatic heterocycles. The monoisotopic (exact) mass is 394 g/mol. The van der Waals surface area contributed by atoms with E-state index in [1.807, 2.05) is 0 Å². The first-order valence-electron chi connectivity index (χ1n) is 10.1. The zero-order valence-corrected chi connectivity index (χ0v) is 22.2. The summed E-state index contributed by atoms with van der Waals surface area (Å²) in [4.78, 5) is 0. The molecule has 0 heterocycles. The maximum absolute atomic E-state index is 5.67. The highest BCUT2D eigenvalue weighted by atomic mass is 28.4. The topological polar surface area (TPSA) is 27.7 Å². The van der Waals surface area contributed by atoms with E-state index in [9.17, 15) is 0 Å². The number of hydrogen-bond acceptors (Lipinski definition) is 3. The average Bonchev–Trinajstić information content (AvgIpc) is 2.57. The van der Waals surface area contributed by atoms with E-state index in [1.54, 1.807) is 0 Å². The van der Waals surface area contributed by atoms with Gasteiger partial charge in [0.25, 0.3) is 20.0 Å². The lowest BCUT2D eigenvalue weighted by Gasteiger charge is -2.05. The Hall–Kier alpha value is 0.748. The Balaban J connectivity index is 2.92. The maximum Gasteiger partial charge on any atom is 0.284 e. The summed E-state index contributed by atoms with van der Waals surface area (Å²) in [6.45, 7) is 2.29. The molecule has 0 aliphatic carbocycles. The van der Waals surface area contributed by atoms with Gasteiger partial charge in [-0.25, -0.2) is 0 Å². The lowest BCUT2D eigenvalue weighted by molar-refractivity contribution is 0.437. The van der Waals surface area contributed by atoms with Gasteiger partial charge in [0.15, 0.2) is 0 Å². The van der Waals surface area contributed by atoms with E-state index in [4.69, 9.17) is 12.3 Å². The van der Waals surface area contributed by atoms with Crippen molar-refractivity contribution in [2.75, 3.05) is 0 Å². The summed E-state index contributed by atoms with van der Waals surface area (Å²) in [6.07, 6.45) is 20.2. The van der Waals surface area contributed by atoms with E-state index in [2.05, 4.69) is 6.92 Å². The van der Waals surface area contributed by atoms with Gasteiger partial charge in [-0.15, -0.1) is 0 Å². The fraction of sp³-hybridized carbons (Fsp3) is 1.00. The second-order valence-electron chi connectivity index (χ2n) is 6.59. The van der Waals surface area contributed by atoms with Crippen molar-refractivity contribution in [1.82, 2.24) is 0 Å². The predicted molar refractivity (Wildman–Crippen MR) is 114 cm³/mol. The van der Waals surface area contributed by atoms with Crippen LogP contribution in [-0.2, 0) is 12.3 Å². The fourth-order valence-electron chi connectivity index (χ4n) is 2.81. The van der Waals surface area contributed by atoms with Crippen molar-refractivity contribution in [3.8, 4) is 0 Å². The van der Waals surface area contributed by atoms with Gasteiger partial charge in [0.2, 0.25) is 0 Å². The molecule has 0 aliphatic rings. The van der Waals surface area contributed by atoms with E-state index in [-0.39, 0.29) is 9.76 Å². The highest BCUT2D eigenvalue weighted by Gasteiger charge is 1.95. The summed E-state index contributed by atoms with van der Waals surface area (Å²) in [5.74, 6) is 0. The first kappa shape index (κ1) is 23.7. The van der Waals surface area contributed by atoms with E-state index in [0.717, 1.165) is 10.5 Å². The normalized spacial score (nSPS) is 12.9.